The number of carbonyl (C=O) groups is 1. The Labute approximate surface area is 163 Å². The Kier molecular flexibility index (Phi) is 5.17. The van der Waals surface area contributed by atoms with E-state index in [9.17, 15) is 4.79 Å². The second kappa shape index (κ2) is 8.06. The van der Waals surface area contributed by atoms with Crippen LogP contribution in [-0.2, 0) is 4.79 Å². The highest BCUT2D eigenvalue weighted by Crippen LogP contribution is 2.31. The summed E-state index contributed by atoms with van der Waals surface area (Å²) in [4.78, 5) is 19.5. The van der Waals surface area contributed by atoms with Crippen LogP contribution >= 0.6 is 11.8 Å². The number of rotatable bonds is 3. The summed E-state index contributed by atoms with van der Waals surface area (Å²) in [6, 6.07) is 29.6. The lowest BCUT2D eigenvalue weighted by Gasteiger charge is -2.24. The number of hydrogen-bond donors (Lipinski definition) is 0. The lowest BCUT2D eigenvalue weighted by atomic mass is 10.1. The van der Waals surface area contributed by atoms with Crippen LogP contribution in [0.15, 0.2) is 102 Å². The van der Waals surface area contributed by atoms with Crippen LogP contribution in [0.5, 0.6) is 0 Å². The monoisotopic (exact) mass is 370 g/mol. The van der Waals surface area contributed by atoms with Gasteiger partial charge < -0.3 is 0 Å². The number of nitrogens with zero attached hydrogens (tertiary/aromatic N) is 2. The Morgan fingerprint density at radius 1 is 0.778 bits per heavy atom. The van der Waals surface area contributed by atoms with Crippen molar-refractivity contribution in [3.05, 3.63) is 103 Å². The van der Waals surface area contributed by atoms with E-state index in [2.05, 4.69) is 0 Å². The fourth-order valence-electron chi connectivity index (χ4n) is 2.93. The SMILES string of the molecule is O=C1CSC(=Nc2ccccc2)C=C(c2ccccc2)N1c1ccccc1. The maximum atomic E-state index is 13.0. The quantitative estimate of drug-likeness (QED) is 0.606. The van der Waals surface area contributed by atoms with Crippen molar-refractivity contribution in [1.82, 2.24) is 0 Å². The average Bonchev–Trinajstić information content (AvgIpc) is 2.89. The second-order valence-corrected chi connectivity index (χ2v) is 7.03. The summed E-state index contributed by atoms with van der Waals surface area (Å²) in [6.07, 6.45) is 2.00. The first-order valence-corrected chi connectivity index (χ1v) is 9.71. The van der Waals surface area contributed by atoms with Gasteiger partial charge in [-0.1, -0.05) is 78.5 Å². The van der Waals surface area contributed by atoms with Gasteiger partial charge in [0.2, 0.25) is 5.91 Å². The molecule has 0 radical (unpaired) electrons. The highest BCUT2D eigenvalue weighted by Gasteiger charge is 2.25. The molecule has 132 valence electrons. The molecule has 1 aliphatic rings. The van der Waals surface area contributed by atoms with Gasteiger partial charge in [-0.15, -0.1) is 0 Å². The normalized spacial score (nSPS) is 16.1. The standard InChI is InChI=1S/C23H18N2OS/c26-23-17-27-22(24-19-12-6-2-7-13-19)16-21(18-10-4-1-5-11-18)25(23)20-14-8-3-9-15-20/h1-16H,17H2. The molecule has 1 amide bonds. The summed E-state index contributed by atoms with van der Waals surface area (Å²) >= 11 is 1.47. The summed E-state index contributed by atoms with van der Waals surface area (Å²) < 4.78 is 0. The van der Waals surface area contributed by atoms with Crippen LogP contribution in [0.4, 0.5) is 11.4 Å². The van der Waals surface area contributed by atoms with Crippen LogP contribution in [0.2, 0.25) is 0 Å². The minimum absolute atomic E-state index is 0.0413. The van der Waals surface area contributed by atoms with Crippen molar-refractivity contribution in [1.29, 1.82) is 0 Å². The first-order chi connectivity index (χ1) is 13.3. The van der Waals surface area contributed by atoms with E-state index in [-0.39, 0.29) is 5.91 Å². The molecule has 1 heterocycles. The van der Waals surface area contributed by atoms with Gasteiger partial charge in [-0.2, -0.15) is 0 Å². The number of para-hydroxylation sites is 2. The number of hydrogen-bond acceptors (Lipinski definition) is 3. The van der Waals surface area contributed by atoms with Crippen molar-refractivity contribution in [3.63, 3.8) is 0 Å². The zero-order chi connectivity index (χ0) is 18.5. The Morgan fingerprint density at radius 3 is 2.04 bits per heavy atom. The smallest absolute Gasteiger partial charge is 0.241 e. The molecule has 0 aliphatic carbocycles. The molecule has 3 aromatic rings. The molecule has 0 bridgehead atoms. The van der Waals surface area contributed by atoms with Crippen molar-refractivity contribution in [2.24, 2.45) is 4.99 Å². The third kappa shape index (κ3) is 4.01. The topological polar surface area (TPSA) is 32.7 Å². The number of anilines is 1. The fraction of sp³-hybridized carbons (Fsp3) is 0.0435. The van der Waals surface area contributed by atoms with Gasteiger partial charge in [0.1, 0.15) is 0 Å². The van der Waals surface area contributed by atoms with Crippen molar-refractivity contribution in [2.45, 2.75) is 0 Å². The Hall–Kier alpha value is -3.11. The fourth-order valence-corrected chi connectivity index (χ4v) is 3.70. The summed E-state index contributed by atoms with van der Waals surface area (Å²) in [5, 5.41) is 0.826. The van der Waals surface area contributed by atoms with Gasteiger partial charge >= 0.3 is 0 Å². The van der Waals surface area contributed by atoms with E-state index in [0.29, 0.717) is 5.75 Å². The molecule has 0 atom stereocenters. The van der Waals surface area contributed by atoms with Gasteiger partial charge in [-0.05, 0) is 35.9 Å². The maximum absolute atomic E-state index is 13.0. The van der Waals surface area contributed by atoms with Gasteiger partial charge in [-0.3, -0.25) is 9.69 Å². The van der Waals surface area contributed by atoms with Crippen molar-refractivity contribution in [2.75, 3.05) is 10.7 Å². The molecular weight excluding hydrogens is 352 g/mol. The molecule has 0 spiro atoms. The van der Waals surface area contributed by atoms with Gasteiger partial charge in [0.05, 0.1) is 22.2 Å². The lowest BCUT2D eigenvalue weighted by molar-refractivity contribution is -0.115. The van der Waals surface area contributed by atoms with Crippen molar-refractivity contribution < 1.29 is 4.79 Å². The number of benzene rings is 3. The maximum Gasteiger partial charge on any atom is 0.241 e. The van der Waals surface area contributed by atoms with Crippen LogP contribution < -0.4 is 4.90 Å². The molecule has 4 heteroatoms. The van der Waals surface area contributed by atoms with E-state index in [1.165, 1.54) is 11.8 Å². The van der Waals surface area contributed by atoms with Crippen molar-refractivity contribution in [3.8, 4) is 0 Å². The van der Waals surface area contributed by atoms with Crippen LogP contribution in [0.25, 0.3) is 5.70 Å². The number of aliphatic imine (C=N–C) groups is 1. The minimum atomic E-state index is 0.0413. The van der Waals surface area contributed by atoms with E-state index in [4.69, 9.17) is 4.99 Å². The summed E-state index contributed by atoms with van der Waals surface area (Å²) in [5.41, 5.74) is 3.56. The van der Waals surface area contributed by atoms with Crippen LogP contribution in [-0.4, -0.2) is 16.7 Å². The molecule has 1 aliphatic heterocycles. The van der Waals surface area contributed by atoms with Crippen LogP contribution in [0, 0.1) is 0 Å². The Balaban J connectivity index is 1.85. The van der Waals surface area contributed by atoms with Crippen molar-refractivity contribution >= 4 is 39.8 Å². The predicted molar refractivity (Wildman–Crippen MR) is 114 cm³/mol. The molecule has 0 aromatic heterocycles. The molecule has 0 unspecified atom stereocenters. The Morgan fingerprint density at radius 2 is 1.37 bits per heavy atom. The number of amides is 1. The van der Waals surface area contributed by atoms with E-state index >= 15 is 0 Å². The zero-order valence-corrected chi connectivity index (χ0v) is 15.5. The van der Waals surface area contributed by atoms with E-state index in [1.807, 2.05) is 97.1 Å². The third-order valence-corrected chi connectivity index (χ3v) is 5.07. The summed E-state index contributed by atoms with van der Waals surface area (Å²) in [5.74, 6) is 0.382. The molecule has 0 saturated carbocycles. The average molecular weight is 370 g/mol. The molecule has 0 saturated heterocycles. The predicted octanol–water partition coefficient (Wildman–Crippen LogP) is 5.54. The molecule has 0 fully saturated rings. The van der Waals surface area contributed by atoms with Gasteiger partial charge in [0.25, 0.3) is 0 Å². The molecule has 4 rings (SSSR count). The lowest BCUT2D eigenvalue weighted by Crippen LogP contribution is -2.29. The molecule has 3 nitrogen and oxygen atoms in total. The molecule has 27 heavy (non-hydrogen) atoms. The highest BCUT2D eigenvalue weighted by atomic mass is 32.2. The second-order valence-electron chi connectivity index (χ2n) is 6.03. The summed E-state index contributed by atoms with van der Waals surface area (Å²) in [6.45, 7) is 0. The first-order valence-electron chi connectivity index (χ1n) is 8.73. The number of carbonyl (C=O) groups excluding carboxylic acids is 1. The van der Waals surface area contributed by atoms with E-state index in [1.54, 1.807) is 4.90 Å². The molecular formula is C23H18N2OS. The minimum Gasteiger partial charge on any atom is -0.280 e. The van der Waals surface area contributed by atoms with Gasteiger partial charge in [0.15, 0.2) is 0 Å². The largest absolute Gasteiger partial charge is 0.280 e. The molecule has 3 aromatic carbocycles. The van der Waals surface area contributed by atoms with Crippen LogP contribution in [0.1, 0.15) is 5.56 Å². The Bertz CT molecular complexity index is 983. The summed E-state index contributed by atoms with van der Waals surface area (Å²) in [7, 11) is 0. The van der Waals surface area contributed by atoms with Gasteiger partial charge in [-0.25, -0.2) is 4.99 Å². The highest BCUT2D eigenvalue weighted by molar-refractivity contribution is 8.14. The van der Waals surface area contributed by atoms with E-state index < -0.39 is 0 Å². The zero-order valence-electron chi connectivity index (χ0n) is 14.7. The van der Waals surface area contributed by atoms with Gasteiger partial charge in [0, 0.05) is 5.69 Å². The first kappa shape index (κ1) is 17.3. The molecule has 0 N–H and O–H groups in total. The van der Waals surface area contributed by atoms with Crippen LogP contribution in [0.3, 0.4) is 0 Å². The third-order valence-electron chi connectivity index (χ3n) is 4.17. The number of thioether (sulfide) groups is 1. The van der Waals surface area contributed by atoms with E-state index in [0.717, 1.165) is 27.7 Å².